The van der Waals surface area contributed by atoms with Gasteiger partial charge in [-0.25, -0.2) is 4.79 Å². The van der Waals surface area contributed by atoms with Gasteiger partial charge >= 0.3 is 5.97 Å². The molecule has 0 bridgehead atoms. The van der Waals surface area contributed by atoms with Gasteiger partial charge in [0.05, 0.1) is 12.6 Å². The van der Waals surface area contributed by atoms with Gasteiger partial charge in [0, 0.05) is 16.6 Å². The van der Waals surface area contributed by atoms with Gasteiger partial charge in [-0.3, -0.25) is 4.79 Å². The molecule has 1 amide bonds. The molecular weight excluding hydrogens is 338 g/mol. The monoisotopic (exact) mass is 355 g/mol. The van der Waals surface area contributed by atoms with Crippen LogP contribution in [0.2, 0.25) is 0 Å². The largest absolute Gasteiger partial charge is 0.479 e. The third kappa shape index (κ3) is 3.44. The van der Waals surface area contributed by atoms with Gasteiger partial charge in [0.15, 0.2) is 6.10 Å². The molecule has 0 aromatic heterocycles. The van der Waals surface area contributed by atoms with Crippen molar-refractivity contribution < 1.29 is 19.4 Å². The van der Waals surface area contributed by atoms with Crippen LogP contribution in [0.4, 0.5) is 0 Å². The molecular formula is C15H18BrNO4. The normalized spacial score (nSPS) is 22.2. The molecule has 1 fully saturated rings. The van der Waals surface area contributed by atoms with Crippen LogP contribution in [-0.2, 0) is 9.53 Å². The average Bonchev–Trinajstić information content (AvgIpc) is 2.41. The van der Waals surface area contributed by atoms with Gasteiger partial charge < -0.3 is 14.7 Å². The molecule has 21 heavy (non-hydrogen) atoms. The van der Waals surface area contributed by atoms with Crippen molar-refractivity contribution in [3.05, 3.63) is 33.3 Å². The Hall–Kier alpha value is -1.40. The van der Waals surface area contributed by atoms with Gasteiger partial charge in [0.1, 0.15) is 0 Å². The first kappa shape index (κ1) is 16.0. The van der Waals surface area contributed by atoms with Gasteiger partial charge in [-0.2, -0.15) is 0 Å². The van der Waals surface area contributed by atoms with Gasteiger partial charge in [0.2, 0.25) is 0 Å². The number of nitrogens with zero attached hydrogens (tertiary/aromatic N) is 1. The lowest BCUT2D eigenvalue weighted by molar-refractivity contribution is -0.160. The molecule has 1 saturated heterocycles. The maximum absolute atomic E-state index is 12.7. The number of carbonyl (C=O) groups excluding carboxylic acids is 1. The van der Waals surface area contributed by atoms with Gasteiger partial charge in [-0.15, -0.1) is 0 Å². The molecule has 1 aliphatic heterocycles. The smallest absolute Gasteiger partial charge is 0.334 e. The number of aliphatic carboxylic acids is 1. The first-order valence-corrected chi connectivity index (χ1v) is 7.53. The van der Waals surface area contributed by atoms with E-state index in [9.17, 15) is 9.59 Å². The highest BCUT2D eigenvalue weighted by Crippen LogP contribution is 2.23. The van der Waals surface area contributed by atoms with E-state index in [0.29, 0.717) is 12.1 Å². The lowest BCUT2D eigenvalue weighted by Crippen LogP contribution is -2.51. The van der Waals surface area contributed by atoms with E-state index < -0.39 is 12.1 Å². The summed E-state index contributed by atoms with van der Waals surface area (Å²) in [4.78, 5) is 25.3. The van der Waals surface area contributed by atoms with E-state index in [1.165, 1.54) is 0 Å². The first-order valence-electron chi connectivity index (χ1n) is 6.74. The topological polar surface area (TPSA) is 66.8 Å². The molecule has 0 spiro atoms. The molecule has 114 valence electrons. The summed E-state index contributed by atoms with van der Waals surface area (Å²) in [5.74, 6) is -1.19. The maximum Gasteiger partial charge on any atom is 0.334 e. The third-order valence-electron chi connectivity index (χ3n) is 3.56. The molecule has 0 radical (unpaired) electrons. The zero-order valence-electron chi connectivity index (χ0n) is 12.2. The number of halogens is 1. The second-order valence-electron chi connectivity index (χ2n) is 5.40. The van der Waals surface area contributed by atoms with Crippen molar-refractivity contribution in [2.45, 2.75) is 33.0 Å². The van der Waals surface area contributed by atoms with E-state index in [1.807, 2.05) is 26.0 Å². The van der Waals surface area contributed by atoms with Crippen molar-refractivity contribution in [2.24, 2.45) is 0 Å². The minimum atomic E-state index is -1.04. The van der Waals surface area contributed by atoms with Crippen molar-refractivity contribution in [3.63, 3.8) is 0 Å². The summed E-state index contributed by atoms with van der Waals surface area (Å²) in [7, 11) is 0. The zero-order chi connectivity index (χ0) is 15.7. The van der Waals surface area contributed by atoms with E-state index in [0.717, 1.165) is 15.6 Å². The number of hydrogen-bond donors (Lipinski definition) is 1. The number of carboxylic acids is 1. The Labute approximate surface area is 132 Å². The van der Waals surface area contributed by atoms with Crippen LogP contribution in [0.25, 0.3) is 0 Å². The maximum atomic E-state index is 12.7. The van der Waals surface area contributed by atoms with E-state index >= 15 is 0 Å². The fourth-order valence-electron chi connectivity index (χ4n) is 2.44. The standard InChI is InChI=1S/C15H18BrNO4/c1-8-5-12(16)9(2)4-11(8)14(18)17-6-10(3)21-13(7-17)15(19)20/h4-5,10,13H,6-7H2,1-3H3,(H,19,20)/t10-,13?/m1/s1. The number of morpholine rings is 1. The van der Waals surface area contributed by atoms with Crippen LogP contribution in [0.3, 0.4) is 0 Å². The summed E-state index contributed by atoms with van der Waals surface area (Å²) < 4.78 is 6.29. The average molecular weight is 356 g/mol. The molecule has 1 N–H and O–H groups in total. The Morgan fingerprint density at radius 3 is 2.57 bits per heavy atom. The minimum absolute atomic E-state index is 0.0764. The van der Waals surface area contributed by atoms with Gasteiger partial charge in [-0.05, 0) is 44.0 Å². The highest BCUT2D eigenvalue weighted by molar-refractivity contribution is 9.10. The molecule has 2 atom stereocenters. The Bertz CT molecular complexity index is 587. The predicted octanol–water partition coefficient (Wildman–Crippen LogP) is 2.38. The lowest BCUT2D eigenvalue weighted by Gasteiger charge is -2.35. The number of carboxylic acid groups (broad SMARTS) is 1. The SMILES string of the molecule is Cc1cc(C(=O)N2CC(C(=O)O)O[C@H](C)C2)c(C)cc1Br. The van der Waals surface area contributed by atoms with Gasteiger partial charge in [-0.1, -0.05) is 15.9 Å². The number of carbonyl (C=O) groups is 2. The van der Waals surface area contributed by atoms with Crippen LogP contribution in [0.1, 0.15) is 28.4 Å². The predicted molar refractivity (Wildman–Crippen MR) is 81.5 cm³/mol. The van der Waals surface area contributed by atoms with Gasteiger partial charge in [0.25, 0.3) is 5.91 Å². The summed E-state index contributed by atoms with van der Waals surface area (Å²) in [6, 6.07) is 3.73. The molecule has 5 nitrogen and oxygen atoms in total. The van der Waals surface area contributed by atoms with Crippen molar-refractivity contribution in [1.82, 2.24) is 4.90 Å². The summed E-state index contributed by atoms with van der Waals surface area (Å²) >= 11 is 3.44. The van der Waals surface area contributed by atoms with E-state index in [4.69, 9.17) is 9.84 Å². The fraction of sp³-hybridized carbons (Fsp3) is 0.467. The molecule has 0 saturated carbocycles. The van der Waals surface area contributed by atoms with E-state index in [-0.39, 0.29) is 18.6 Å². The molecule has 1 unspecified atom stereocenters. The summed E-state index contributed by atoms with van der Waals surface area (Å²) in [6.45, 7) is 6.04. The highest BCUT2D eigenvalue weighted by atomic mass is 79.9. The number of aryl methyl sites for hydroxylation is 2. The summed E-state index contributed by atoms with van der Waals surface area (Å²) in [5, 5.41) is 9.09. The first-order chi connectivity index (χ1) is 9.79. The number of amides is 1. The van der Waals surface area contributed by atoms with Crippen LogP contribution >= 0.6 is 15.9 Å². The van der Waals surface area contributed by atoms with Crippen molar-refractivity contribution >= 4 is 27.8 Å². The quantitative estimate of drug-likeness (QED) is 0.884. The van der Waals surface area contributed by atoms with Crippen molar-refractivity contribution in [3.8, 4) is 0 Å². The Kier molecular flexibility index (Phi) is 4.68. The van der Waals surface area contributed by atoms with E-state index in [2.05, 4.69) is 15.9 Å². The second kappa shape index (κ2) is 6.15. The third-order valence-corrected chi connectivity index (χ3v) is 4.41. The Morgan fingerprint density at radius 2 is 1.95 bits per heavy atom. The van der Waals surface area contributed by atoms with Crippen LogP contribution in [0.15, 0.2) is 16.6 Å². The number of ether oxygens (including phenoxy) is 1. The van der Waals surface area contributed by atoms with Crippen LogP contribution in [0.5, 0.6) is 0 Å². The molecule has 6 heteroatoms. The molecule has 1 aliphatic rings. The highest BCUT2D eigenvalue weighted by Gasteiger charge is 2.33. The fourth-order valence-corrected chi connectivity index (χ4v) is 2.89. The van der Waals surface area contributed by atoms with Crippen molar-refractivity contribution in [2.75, 3.05) is 13.1 Å². The van der Waals surface area contributed by atoms with E-state index in [1.54, 1.807) is 11.8 Å². The number of hydrogen-bond acceptors (Lipinski definition) is 3. The number of benzene rings is 1. The molecule has 2 rings (SSSR count). The van der Waals surface area contributed by atoms with Crippen LogP contribution < -0.4 is 0 Å². The summed E-state index contributed by atoms with van der Waals surface area (Å²) in [6.07, 6.45) is -1.25. The van der Waals surface area contributed by atoms with Crippen LogP contribution in [-0.4, -0.2) is 47.2 Å². The van der Waals surface area contributed by atoms with Crippen molar-refractivity contribution in [1.29, 1.82) is 0 Å². The Balaban J connectivity index is 2.27. The molecule has 1 heterocycles. The molecule has 0 aliphatic carbocycles. The molecule has 1 aromatic rings. The summed E-state index contributed by atoms with van der Waals surface area (Å²) in [5.41, 5.74) is 2.44. The number of rotatable bonds is 2. The lowest BCUT2D eigenvalue weighted by atomic mass is 10.0. The Morgan fingerprint density at radius 1 is 1.29 bits per heavy atom. The van der Waals surface area contributed by atoms with Crippen LogP contribution in [0, 0.1) is 13.8 Å². The second-order valence-corrected chi connectivity index (χ2v) is 6.25. The molecule has 1 aromatic carbocycles. The minimum Gasteiger partial charge on any atom is -0.479 e. The zero-order valence-corrected chi connectivity index (χ0v) is 13.8.